The monoisotopic (exact) mass is 377 g/mol. The fraction of sp³-hybridized carbons (Fsp3) is 0.600. The maximum atomic E-state index is 12.2. The number of benzene rings is 1. The topological polar surface area (TPSA) is 79.9 Å². The Morgan fingerprint density at radius 1 is 1.22 bits per heavy atom. The fourth-order valence-electron chi connectivity index (χ4n) is 2.85. The van der Waals surface area contributed by atoms with Crippen molar-refractivity contribution in [3.05, 3.63) is 29.8 Å². The van der Waals surface area contributed by atoms with Crippen LogP contribution in [0.2, 0.25) is 0 Å². The Labute approximate surface area is 161 Å². The summed E-state index contributed by atoms with van der Waals surface area (Å²) in [6, 6.07) is 7.14. The van der Waals surface area contributed by atoms with Crippen molar-refractivity contribution in [2.75, 3.05) is 33.4 Å². The van der Waals surface area contributed by atoms with Crippen molar-refractivity contribution in [1.29, 1.82) is 0 Å². The first-order valence-corrected chi connectivity index (χ1v) is 9.39. The van der Waals surface area contributed by atoms with Gasteiger partial charge in [0, 0.05) is 50.7 Å². The van der Waals surface area contributed by atoms with Crippen LogP contribution in [0.3, 0.4) is 0 Å². The third-order valence-electron chi connectivity index (χ3n) is 4.20. The van der Waals surface area contributed by atoms with Crippen LogP contribution in [0.5, 0.6) is 5.75 Å². The number of methoxy groups -OCH3 is 1. The molecule has 3 amide bonds. The van der Waals surface area contributed by atoms with Gasteiger partial charge in [0.1, 0.15) is 11.9 Å². The van der Waals surface area contributed by atoms with E-state index in [1.54, 1.807) is 19.2 Å². The van der Waals surface area contributed by atoms with Crippen molar-refractivity contribution >= 4 is 11.9 Å². The molecular formula is C20H31N3O4. The normalized spacial score (nSPS) is 15.3. The quantitative estimate of drug-likeness (QED) is 0.746. The lowest BCUT2D eigenvalue weighted by Gasteiger charge is -2.34. The highest BCUT2D eigenvalue weighted by molar-refractivity contribution is 5.94. The summed E-state index contributed by atoms with van der Waals surface area (Å²) in [6.07, 6.45) is 1.57. The van der Waals surface area contributed by atoms with Crippen LogP contribution in [-0.4, -0.2) is 61.8 Å². The average molecular weight is 377 g/mol. The zero-order chi connectivity index (χ0) is 19.9. The average Bonchev–Trinajstić information content (AvgIpc) is 2.61. The van der Waals surface area contributed by atoms with Crippen LogP contribution in [0, 0.1) is 0 Å². The van der Waals surface area contributed by atoms with Crippen LogP contribution in [-0.2, 0) is 4.74 Å². The number of hydrogen-bond acceptors (Lipinski definition) is 4. The van der Waals surface area contributed by atoms with Crippen molar-refractivity contribution in [2.45, 2.75) is 45.3 Å². The first-order chi connectivity index (χ1) is 12.8. The minimum atomic E-state index is -0.241. The summed E-state index contributed by atoms with van der Waals surface area (Å²) in [6.45, 7) is 8.17. The molecule has 7 nitrogen and oxygen atoms in total. The van der Waals surface area contributed by atoms with E-state index in [2.05, 4.69) is 10.6 Å². The Kier molecular flexibility index (Phi) is 7.47. The standard InChI is InChI=1S/C20H31N3O4/c1-20(2,3)22-19(25)23-11-8-16(9-12-23)27-17-7-5-6-15(14-17)18(24)21-10-13-26-4/h5-7,14,16H,8-13H2,1-4H3,(H,21,24)(H,22,25). The van der Waals surface area contributed by atoms with Gasteiger partial charge in [-0.15, -0.1) is 0 Å². The number of carbonyl (C=O) groups excluding carboxylic acids is 2. The molecule has 27 heavy (non-hydrogen) atoms. The van der Waals surface area contributed by atoms with Gasteiger partial charge in [0.05, 0.1) is 6.61 Å². The zero-order valence-corrected chi connectivity index (χ0v) is 16.7. The summed E-state index contributed by atoms with van der Waals surface area (Å²) in [5.74, 6) is 0.526. The van der Waals surface area contributed by atoms with Crippen LogP contribution in [0.25, 0.3) is 0 Å². The molecule has 0 atom stereocenters. The molecule has 0 aliphatic carbocycles. The van der Waals surface area contributed by atoms with E-state index in [9.17, 15) is 9.59 Å². The first-order valence-electron chi connectivity index (χ1n) is 9.39. The maximum Gasteiger partial charge on any atom is 0.317 e. The Bertz CT molecular complexity index is 634. The number of urea groups is 1. The Morgan fingerprint density at radius 2 is 1.93 bits per heavy atom. The van der Waals surface area contributed by atoms with Crippen molar-refractivity contribution in [1.82, 2.24) is 15.5 Å². The van der Waals surface area contributed by atoms with Crippen LogP contribution < -0.4 is 15.4 Å². The summed E-state index contributed by atoms with van der Waals surface area (Å²) >= 11 is 0. The maximum absolute atomic E-state index is 12.2. The van der Waals surface area contributed by atoms with E-state index in [-0.39, 0.29) is 23.6 Å². The lowest BCUT2D eigenvalue weighted by Crippen LogP contribution is -2.51. The number of hydrogen-bond donors (Lipinski definition) is 2. The van der Waals surface area contributed by atoms with Gasteiger partial charge in [0.15, 0.2) is 0 Å². The first kappa shape index (κ1) is 21.0. The van der Waals surface area contributed by atoms with Crippen molar-refractivity contribution < 1.29 is 19.1 Å². The van der Waals surface area contributed by atoms with E-state index in [1.165, 1.54) is 0 Å². The highest BCUT2D eigenvalue weighted by Gasteiger charge is 2.26. The molecule has 7 heteroatoms. The van der Waals surface area contributed by atoms with Crippen LogP contribution in [0.4, 0.5) is 4.79 Å². The van der Waals surface area contributed by atoms with E-state index in [0.717, 1.165) is 12.8 Å². The predicted octanol–water partition coefficient (Wildman–Crippen LogP) is 2.41. The molecule has 1 aliphatic rings. The van der Waals surface area contributed by atoms with Gasteiger partial charge in [0.2, 0.25) is 0 Å². The predicted molar refractivity (Wildman–Crippen MR) is 104 cm³/mol. The largest absolute Gasteiger partial charge is 0.490 e. The van der Waals surface area contributed by atoms with Crippen molar-refractivity contribution in [3.8, 4) is 5.75 Å². The van der Waals surface area contributed by atoms with E-state index in [4.69, 9.17) is 9.47 Å². The van der Waals surface area contributed by atoms with Gasteiger partial charge in [-0.3, -0.25) is 4.79 Å². The lowest BCUT2D eigenvalue weighted by molar-refractivity contribution is 0.0932. The van der Waals surface area contributed by atoms with E-state index in [0.29, 0.717) is 37.6 Å². The van der Waals surface area contributed by atoms with Crippen molar-refractivity contribution in [2.24, 2.45) is 0 Å². The second-order valence-corrected chi connectivity index (χ2v) is 7.76. The molecular weight excluding hydrogens is 346 g/mol. The Hall–Kier alpha value is -2.28. The summed E-state index contributed by atoms with van der Waals surface area (Å²) in [7, 11) is 1.60. The minimum absolute atomic E-state index is 0.0318. The molecule has 1 aromatic rings. The molecule has 0 aromatic heterocycles. The number of carbonyl (C=O) groups is 2. The molecule has 0 radical (unpaired) electrons. The molecule has 1 aliphatic heterocycles. The molecule has 0 spiro atoms. The number of nitrogens with one attached hydrogen (secondary N) is 2. The molecule has 150 valence electrons. The molecule has 1 fully saturated rings. The Balaban J connectivity index is 1.84. The summed E-state index contributed by atoms with van der Waals surface area (Å²) < 4.78 is 11.0. The van der Waals surface area contributed by atoms with Gasteiger partial charge < -0.3 is 25.0 Å². The fourth-order valence-corrected chi connectivity index (χ4v) is 2.85. The second kappa shape index (κ2) is 9.60. The summed E-state index contributed by atoms with van der Waals surface area (Å²) in [5.41, 5.74) is 0.319. The molecule has 1 heterocycles. The van der Waals surface area contributed by atoms with Crippen LogP contribution >= 0.6 is 0 Å². The number of amides is 3. The van der Waals surface area contributed by atoms with Gasteiger partial charge in [-0.25, -0.2) is 4.79 Å². The molecule has 1 aromatic carbocycles. The van der Waals surface area contributed by atoms with Gasteiger partial charge >= 0.3 is 6.03 Å². The Morgan fingerprint density at radius 3 is 2.56 bits per heavy atom. The van der Waals surface area contributed by atoms with Gasteiger partial charge in [0.25, 0.3) is 5.91 Å². The molecule has 2 rings (SSSR count). The summed E-state index contributed by atoms with van der Waals surface area (Å²) in [4.78, 5) is 26.2. The highest BCUT2D eigenvalue weighted by atomic mass is 16.5. The molecule has 1 saturated heterocycles. The smallest absolute Gasteiger partial charge is 0.317 e. The van der Waals surface area contributed by atoms with Crippen LogP contribution in [0.15, 0.2) is 24.3 Å². The number of piperidine rings is 1. The lowest BCUT2D eigenvalue weighted by atomic mass is 10.1. The number of ether oxygens (including phenoxy) is 2. The van der Waals surface area contributed by atoms with E-state index < -0.39 is 0 Å². The van der Waals surface area contributed by atoms with Gasteiger partial charge in [-0.1, -0.05) is 6.07 Å². The number of likely N-dealkylation sites (tertiary alicyclic amines) is 1. The van der Waals surface area contributed by atoms with Gasteiger partial charge in [-0.05, 0) is 39.0 Å². The minimum Gasteiger partial charge on any atom is -0.490 e. The number of nitrogens with zero attached hydrogens (tertiary/aromatic N) is 1. The SMILES string of the molecule is COCCNC(=O)c1cccc(OC2CCN(C(=O)NC(C)(C)C)CC2)c1. The third-order valence-corrected chi connectivity index (χ3v) is 4.20. The number of rotatable bonds is 6. The molecule has 0 bridgehead atoms. The van der Waals surface area contributed by atoms with Crippen LogP contribution in [0.1, 0.15) is 44.0 Å². The third kappa shape index (κ3) is 7.09. The van der Waals surface area contributed by atoms with Crippen molar-refractivity contribution in [3.63, 3.8) is 0 Å². The van der Waals surface area contributed by atoms with E-state index in [1.807, 2.05) is 37.8 Å². The molecule has 0 saturated carbocycles. The second-order valence-electron chi connectivity index (χ2n) is 7.76. The summed E-state index contributed by atoms with van der Waals surface area (Å²) in [5, 5.41) is 5.78. The molecule has 0 unspecified atom stereocenters. The zero-order valence-electron chi connectivity index (χ0n) is 16.7. The van der Waals surface area contributed by atoms with E-state index >= 15 is 0 Å². The molecule has 2 N–H and O–H groups in total. The highest BCUT2D eigenvalue weighted by Crippen LogP contribution is 2.20. The van der Waals surface area contributed by atoms with Gasteiger partial charge in [-0.2, -0.15) is 0 Å².